The number of pyridine rings is 1. The van der Waals surface area contributed by atoms with E-state index < -0.39 is 24.2 Å². The molecule has 192 valence electrons. The second-order valence-corrected chi connectivity index (χ2v) is 9.03. The van der Waals surface area contributed by atoms with E-state index in [1.54, 1.807) is 30.2 Å². The van der Waals surface area contributed by atoms with Gasteiger partial charge in [0, 0.05) is 43.7 Å². The minimum Gasteiger partial charge on any atom is -0.368 e. The summed E-state index contributed by atoms with van der Waals surface area (Å²) in [5, 5.41) is 2.72. The SMILES string of the molecule is Cc1nsc(Cc2cnc(C(F)(F)F)cn2)c1C(=O)Nc1ccc(N2CCN(CC(F)F)CC2)cn1. The molecule has 3 aromatic heterocycles. The molecule has 0 radical (unpaired) electrons. The van der Waals surface area contributed by atoms with Crippen molar-refractivity contribution in [1.82, 2.24) is 24.2 Å². The Balaban J connectivity index is 1.39. The highest BCUT2D eigenvalue weighted by molar-refractivity contribution is 7.06. The smallest absolute Gasteiger partial charge is 0.368 e. The average molecular weight is 528 g/mol. The molecule has 0 saturated carbocycles. The van der Waals surface area contributed by atoms with Crippen LogP contribution in [0.1, 0.15) is 32.3 Å². The lowest BCUT2D eigenvalue weighted by atomic mass is 10.1. The van der Waals surface area contributed by atoms with Gasteiger partial charge in [-0.25, -0.2) is 18.7 Å². The van der Waals surface area contributed by atoms with Gasteiger partial charge in [-0.3, -0.25) is 14.7 Å². The molecule has 1 fully saturated rings. The van der Waals surface area contributed by atoms with Gasteiger partial charge in [0.1, 0.15) is 5.82 Å². The Morgan fingerprint density at radius 2 is 1.83 bits per heavy atom. The summed E-state index contributed by atoms with van der Waals surface area (Å²) < 4.78 is 67.5. The zero-order valence-electron chi connectivity index (χ0n) is 19.1. The maximum atomic E-state index is 13.0. The van der Waals surface area contributed by atoms with Gasteiger partial charge < -0.3 is 10.2 Å². The molecule has 36 heavy (non-hydrogen) atoms. The highest BCUT2D eigenvalue weighted by Gasteiger charge is 2.33. The van der Waals surface area contributed by atoms with Gasteiger partial charge in [0.25, 0.3) is 12.3 Å². The zero-order chi connectivity index (χ0) is 25.9. The van der Waals surface area contributed by atoms with Crippen molar-refractivity contribution in [3.63, 3.8) is 0 Å². The van der Waals surface area contributed by atoms with Crippen LogP contribution in [0.3, 0.4) is 0 Å². The number of nitrogens with zero attached hydrogens (tertiary/aromatic N) is 6. The van der Waals surface area contributed by atoms with E-state index in [1.807, 2.05) is 4.90 Å². The minimum absolute atomic E-state index is 0.100. The van der Waals surface area contributed by atoms with Crippen molar-refractivity contribution in [1.29, 1.82) is 0 Å². The lowest BCUT2D eigenvalue weighted by Crippen LogP contribution is -2.47. The number of anilines is 2. The Morgan fingerprint density at radius 3 is 2.42 bits per heavy atom. The van der Waals surface area contributed by atoms with Gasteiger partial charge in [-0.2, -0.15) is 17.5 Å². The first-order valence-corrected chi connectivity index (χ1v) is 11.7. The van der Waals surface area contributed by atoms with Crippen molar-refractivity contribution < 1.29 is 26.7 Å². The summed E-state index contributed by atoms with van der Waals surface area (Å²) >= 11 is 1.07. The third-order valence-corrected chi connectivity index (χ3v) is 6.56. The average Bonchev–Trinajstić information content (AvgIpc) is 3.19. The zero-order valence-corrected chi connectivity index (χ0v) is 19.9. The molecule has 0 spiro atoms. The summed E-state index contributed by atoms with van der Waals surface area (Å²) in [7, 11) is 0. The van der Waals surface area contributed by atoms with Gasteiger partial charge in [0.2, 0.25) is 0 Å². The number of aromatic nitrogens is 4. The van der Waals surface area contributed by atoms with E-state index in [9.17, 15) is 26.7 Å². The van der Waals surface area contributed by atoms with Crippen LogP contribution in [0.15, 0.2) is 30.7 Å². The molecule has 4 heterocycles. The fourth-order valence-corrected chi connectivity index (χ4v) is 4.68. The van der Waals surface area contributed by atoms with Crippen molar-refractivity contribution >= 4 is 28.9 Å². The summed E-state index contributed by atoms with van der Waals surface area (Å²) in [5.74, 6) is -0.136. The molecule has 8 nitrogen and oxygen atoms in total. The lowest BCUT2D eigenvalue weighted by molar-refractivity contribution is -0.141. The molecule has 0 aromatic carbocycles. The fraction of sp³-hybridized carbons (Fsp3) is 0.409. The number of carbonyl (C=O) groups excluding carboxylic acids is 1. The van der Waals surface area contributed by atoms with Crippen molar-refractivity contribution in [2.24, 2.45) is 0 Å². The van der Waals surface area contributed by atoms with Crippen molar-refractivity contribution in [2.45, 2.75) is 25.9 Å². The highest BCUT2D eigenvalue weighted by Crippen LogP contribution is 2.27. The number of hydrogen-bond acceptors (Lipinski definition) is 8. The maximum Gasteiger partial charge on any atom is 0.434 e. The van der Waals surface area contributed by atoms with Gasteiger partial charge in [-0.05, 0) is 30.6 Å². The molecule has 14 heteroatoms. The van der Waals surface area contributed by atoms with Crippen LogP contribution in [0.2, 0.25) is 0 Å². The Labute approximate surface area is 207 Å². The van der Waals surface area contributed by atoms with Crippen molar-refractivity contribution in [3.8, 4) is 0 Å². The molecule has 0 atom stereocenters. The second kappa shape index (κ2) is 10.8. The predicted molar refractivity (Wildman–Crippen MR) is 124 cm³/mol. The quantitative estimate of drug-likeness (QED) is 0.467. The third kappa shape index (κ3) is 6.29. The Kier molecular flexibility index (Phi) is 7.73. The first kappa shape index (κ1) is 25.8. The van der Waals surface area contributed by atoms with E-state index in [1.165, 1.54) is 0 Å². The van der Waals surface area contributed by atoms with Crippen LogP contribution in [0.25, 0.3) is 0 Å². The molecule has 1 N–H and O–H groups in total. The number of aryl methyl sites for hydroxylation is 1. The number of alkyl halides is 5. The van der Waals surface area contributed by atoms with Crippen LogP contribution >= 0.6 is 11.5 Å². The molecule has 1 aliphatic heterocycles. The summed E-state index contributed by atoms with van der Waals surface area (Å²) in [4.78, 5) is 28.8. The number of hydrogen-bond donors (Lipinski definition) is 1. The molecule has 0 bridgehead atoms. The first-order chi connectivity index (χ1) is 17.1. The van der Waals surface area contributed by atoms with E-state index in [2.05, 4.69) is 24.6 Å². The van der Waals surface area contributed by atoms with E-state index in [0.717, 1.165) is 23.4 Å². The molecule has 0 unspecified atom stereocenters. The molecule has 1 amide bonds. The summed E-state index contributed by atoms with van der Waals surface area (Å²) in [6, 6.07) is 3.44. The topological polar surface area (TPSA) is 87.1 Å². The Bertz CT molecular complexity index is 1180. The standard InChI is InChI=1S/C22H22F5N7OS/c1-13-20(16(36-32-13)8-14-9-29-17(11-28-14)22(25,26)27)21(35)31-19-3-2-15(10-30-19)34-6-4-33(5-7-34)12-18(23)24/h2-3,9-11,18H,4-8,12H2,1H3,(H,30,31,35). The van der Waals surface area contributed by atoms with E-state index in [0.29, 0.717) is 54.3 Å². The van der Waals surface area contributed by atoms with E-state index in [-0.39, 0.29) is 18.7 Å². The first-order valence-electron chi connectivity index (χ1n) is 11.0. The largest absolute Gasteiger partial charge is 0.434 e. The van der Waals surface area contributed by atoms with Crippen LogP contribution in [0.4, 0.5) is 33.5 Å². The number of amides is 1. The number of halogens is 5. The van der Waals surface area contributed by atoms with Crippen molar-refractivity contribution in [3.05, 3.63) is 58.2 Å². The molecule has 1 aliphatic rings. The fourth-order valence-electron chi connectivity index (χ4n) is 3.79. The highest BCUT2D eigenvalue weighted by atomic mass is 32.1. The summed E-state index contributed by atoms with van der Waals surface area (Å²) in [6.07, 6.45) is -3.53. The molecule has 0 aliphatic carbocycles. The van der Waals surface area contributed by atoms with Gasteiger partial charge in [-0.1, -0.05) is 0 Å². The molecular weight excluding hydrogens is 505 g/mol. The van der Waals surface area contributed by atoms with Gasteiger partial charge in [-0.15, -0.1) is 0 Å². The summed E-state index contributed by atoms with van der Waals surface area (Å²) in [5.41, 5.74) is 0.791. The monoisotopic (exact) mass is 527 g/mol. The molecule has 1 saturated heterocycles. The van der Waals surface area contributed by atoms with Crippen molar-refractivity contribution in [2.75, 3.05) is 42.9 Å². The van der Waals surface area contributed by atoms with Crippen LogP contribution < -0.4 is 10.2 Å². The molecular formula is C22H22F5N7OS. The van der Waals surface area contributed by atoms with Crippen LogP contribution in [-0.2, 0) is 12.6 Å². The Morgan fingerprint density at radius 1 is 1.08 bits per heavy atom. The lowest BCUT2D eigenvalue weighted by Gasteiger charge is -2.35. The van der Waals surface area contributed by atoms with Gasteiger partial charge >= 0.3 is 6.18 Å². The van der Waals surface area contributed by atoms with Crippen LogP contribution in [-0.4, -0.2) is 69.3 Å². The van der Waals surface area contributed by atoms with E-state index >= 15 is 0 Å². The maximum absolute atomic E-state index is 13.0. The van der Waals surface area contributed by atoms with E-state index in [4.69, 9.17) is 0 Å². The second-order valence-electron chi connectivity index (χ2n) is 8.17. The third-order valence-electron chi connectivity index (χ3n) is 5.62. The van der Waals surface area contributed by atoms with Gasteiger partial charge in [0.15, 0.2) is 5.69 Å². The number of carbonyl (C=O) groups is 1. The van der Waals surface area contributed by atoms with Gasteiger partial charge in [0.05, 0.1) is 41.6 Å². The molecule has 3 aromatic rings. The number of nitrogens with one attached hydrogen (secondary N) is 1. The van der Waals surface area contributed by atoms with Crippen LogP contribution in [0, 0.1) is 6.92 Å². The predicted octanol–water partition coefficient (Wildman–Crippen LogP) is 3.89. The normalized spacial score (nSPS) is 14.9. The number of rotatable bonds is 7. The Hall–Kier alpha value is -3.26. The summed E-state index contributed by atoms with van der Waals surface area (Å²) in [6.45, 7) is 3.67. The van der Waals surface area contributed by atoms with Crippen LogP contribution in [0.5, 0.6) is 0 Å². The minimum atomic E-state index is -4.58. The number of piperazine rings is 1. The molecule has 4 rings (SSSR count).